The zero-order valence-electron chi connectivity index (χ0n) is 11.2. The van der Waals surface area contributed by atoms with E-state index in [1.165, 1.54) is 0 Å². The van der Waals surface area contributed by atoms with Crippen molar-refractivity contribution in [2.45, 2.75) is 18.6 Å². The van der Waals surface area contributed by atoms with E-state index in [1.54, 1.807) is 0 Å². The van der Waals surface area contributed by atoms with Gasteiger partial charge < -0.3 is 19.9 Å². The van der Waals surface area contributed by atoms with Crippen LogP contribution in [0.5, 0.6) is 17.2 Å². The van der Waals surface area contributed by atoms with Crippen LogP contribution < -0.4 is 19.9 Å². The first-order chi connectivity index (χ1) is 10.2. The number of nitrogens with two attached hydrogens (primary N) is 1. The van der Waals surface area contributed by atoms with Gasteiger partial charge in [-0.25, -0.2) is 0 Å². The lowest BCUT2D eigenvalue weighted by atomic mass is 9.93. The van der Waals surface area contributed by atoms with Crippen molar-refractivity contribution in [2.24, 2.45) is 5.73 Å². The first kappa shape index (κ1) is 12.8. The Kier molecular flexibility index (Phi) is 2.94. The second-order valence-corrected chi connectivity index (χ2v) is 5.68. The number of ether oxygens (including phenoxy) is 3. The molecule has 2 aliphatic rings. The fourth-order valence-electron chi connectivity index (χ4n) is 2.79. The van der Waals surface area contributed by atoms with Crippen LogP contribution in [0, 0.1) is 0 Å². The quantitative estimate of drug-likeness (QED) is 0.874. The van der Waals surface area contributed by atoms with Crippen LogP contribution in [0.1, 0.15) is 29.7 Å². The molecule has 2 N–H and O–H groups in total. The molecule has 21 heavy (non-hydrogen) atoms. The van der Waals surface area contributed by atoms with Gasteiger partial charge in [0.1, 0.15) is 11.9 Å². The summed E-state index contributed by atoms with van der Waals surface area (Å²) in [7, 11) is 0. The van der Waals surface area contributed by atoms with Gasteiger partial charge in [0.25, 0.3) is 0 Å². The lowest BCUT2D eigenvalue weighted by Gasteiger charge is -2.30. The first-order valence-corrected chi connectivity index (χ1v) is 7.20. The van der Waals surface area contributed by atoms with Gasteiger partial charge in [-0.1, -0.05) is 17.7 Å². The van der Waals surface area contributed by atoms with E-state index < -0.39 is 0 Å². The summed E-state index contributed by atoms with van der Waals surface area (Å²) in [4.78, 5) is 0. The smallest absolute Gasteiger partial charge is 0.231 e. The number of fused-ring (bicyclic) bond motifs is 2. The maximum atomic E-state index is 6.26. The van der Waals surface area contributed by atoms with Crippen molar-refractivity contribution >= 4 is 11.6 Å². The van der Waals surface area contributed by atoms with Crippen molar-refractivity contribution in [1.82, 2.24) is 0 Å². The van der Waals surface area contributed by atoms with E-state index in [0.717, 1.165) is 28.4 Å². The molecule has 0 spiro atoms. The minimum atomic E-state index is -0.0946. The summed E-state index contributed by atoms with van der Waals surface area (Å²) in [5.74, 6) is 2.32. The molecule has 2 aromatic carbocycles. The average molecular weight is 304 g/mol. The summed E-state index contributed by atoms with van der Waals surface area (Å²) < 4.78 is 16.8. The van der Waals surface area contributed by atoms with E-state index in [4.69, 9.17) is 31.5 Å². The minimum absolute atomic E-state index is 0.0943. The second-order valence-electron chi connectivity index (χ2n) is 5.24. The van der Waals surface area contributed by atoms with E-state index in [2.05, 4.69) is 0 Å². The van der Waals surface area contributed by atoms with Gasteiger partial charge in [-0.15, -0.1) is 0 Å². The third kappa shape index (κ3) is 2.20. The zero-order chi connectivity index (χ0) is 14.4. The predicted molar refractivity (Wildman–Crippen MR) is 78.9 cm³/mol. The van der Waals surface area contributed by atoms with E-state index in [-0.39, 0.29) is 18.9 Å². The summed E-state index contributed by atoms with van der Waals surface area (Å²) in [5.41, 5.74) is 8.26. The van der Waals surface area contributed by atoms with Crippen LogP contribution in [0.3, 0.4) is 0 Å². The maximum absolute atomic E-state index is 6.26. The lowest BCUT2D eigenvalue weighted by Crippen LogP contribution is -2.24. The minimum Gasteiger partial charge on any atom is -0.485 e. The molecular weight excluding hydrogens is 290 g/mol. The second kappa shape index (κ2) is 4.83. The molecule has 2 atom stereocenters. The van der Waals surface area contributed by atoms with E-state index in [9.17, 15) is 0 Å². The molecule has 2 unspecified atom stereocenters. The van der Waals surface area contributed by atoms with Gasteiger partial charge in [-0.05, 0) is 35.9 Å². The van der Waals surface area contributed by atoms with Gasteiger partial charge >= 0.3 is 0 Å². The molecule has 4 nitrogen and oxygen atoms in total. The fourth-order valence-corrected chi connectivity index (χ4v) is 2.97. The van der Waals surface area contributed by atoms with Crippen LogP contribution in [0.15, 0.2) is 36.4 Å². The van der Waals surface area contributed by atoms with Crippen molar-refractivity contribution < 1.29 is 14.2 Å². The number of hydrogen-bond donors (Lipinski definition) is 1. The van der Waals surface area contributed by atoms with Crippen LogP contribution in [-0.2, 0) is 0 Å². The van der Waals surface area contributed by atoms with Crippen molar-refractivity contribution in [3.05, 3.63) is 52.5 Å². The van der Waals surface area contributed by atoms with Gasteiger partial charge in [0.15, 0.2) is 11.5 Å². The van der Waals surface area contributed by atoms with E-state index in [1.807, 2.05) is 36.4 Å². The Morgan fingerprint density at radius 3 is 2.71 bits per heavy atom. The largest absolute Gasteiger partial charge is 0.485 e. The molecule has 108 valence electrons. The van der Waals surface area contributed by atoms with Gasteiger partial charge in [0, 0.05) is 23.0 Å². The molecule has 4 rings (SSSR count). The summed E-state index contributed by atoms with van der Waals surface area (Å²) in [6.45, 7) is 0.269. The third-order valence-corrected chi connectivity index (χ3v) is 4.11. The molecule has 5 heteroatoms. The number of hydrogen-bond acceptors (Lipinski definition) is 4. The Morgan fingerprint density at radius 2 is 1.81 bits per heavy atom. The normalized spacial score (nSPS) is 22.6. The number of rotatable bonds is 1. The molecule has 0 amide bonds. The van der Waals surface area contributed by atoms with Crippen LogP contribution in [0.4, 0.5) is 0 Å². The lowest BCUT2D eigenvalue weighted by molar-refractivity contribution is 0.160. The van der Waals surface area contributed by atoms with Gasteiger partial charge in [0.2, 0.25) is 6.79 Å². The Labute approximate surface area is 127 Å². The molecule has 0 aliphatic carbocycles. The third-order valence-electron chi connectivity index (χ3n) is 3.88. The Hall–Kier alpha value is -1.91. The molecule has 2 aromatic rings. The van der Waals surface area contributed by atoms with Crippen molar-refractivity contribution in [2.75, 3.05) is 6.79 Å². The van der Waals surface area contributed by atoms with Crippen LogP contribution in [0.25, 0.3) is 0 Å². The van der Waals surface area contributed by atoms with Gasteiger partial charge in [-0.3, -0.25) is 0 Å². The number of halogens is 1. The SMILES string of the molecule is NC1CC(c2ccc3c(c2)OCO3)Oc2ccc(Cl)cc21. The van der Waals surface area contributed by atoms with Crippen molar-refractivity contribution in [3.63, 3.8) is 0 Å². The Morgan fingerprint density at radius 1 is 1.00 bits per heavy atom. The molecule has 0 aromatic heterocycles. The molecular formula is C16H14ClNO3. The topological polar surface area (TPSA) is 53.7 Å². The van der Waals surface area contributed by atoms with E-state index >= 15 is 0 Å². The van der Waals surface area contributed by atoms with Gasteiger partial charge in [-0.2, -0.15) is 0 Å². The highest BCUT2D eigenvalue weighted by Crippen LogP contribution is 2.43. The summed E-state index contributed by atoms with van der Waals surface area (Å²) in [6, 6.07) is 11.3. The highest BCUT2D eigenvalue weighted by Gasteiger charge is 2.28. The molecule has 0 saturated heterocycles. The van der Waals surface area contributed by atoms with Crippen LogP contribution in [-0.4, -0.2) is 6.79 Å². The molecule has 0 saturated carbocycles. The number of benzene rings is 2. The monoisotopic (exact) mass is 303 g/mol. The first-order valence-electron chi connectivity index (χ1n) is 6.82. The fraction of sp³-hybridized carbons (Fsp3) is 0.250. The standard InChI is InChI=1S/C16H14ClNO3/c17-10-2-4-13-11(6-10)12(18)7-15(21-13)9-1-3-14-16(5-9)20-8-19-14/h1-6,12,15H,7-8,18H2. The summed E-state index contributed by atoms with van der Waals surface area (Å²) >= 11 is 6.02. The van der Waals surface area contributed by atoms with Crippen molar-refractivity contribution in [3.8, 4) is 17.2 Å². The molecule has 0 bridgehead atoms. The zero-order valence-corrected chi connectivity index (χ0v) is 12.0. The molecule has 0 fully saturated rings. The van der Waals surface area contributed by atoms with Crippen LogP contribution >= 0.6 is 11.6 Å². The molecule has 2 heterocycles. The molecule has 2 aliphatic heterocycles. The summed E-state index contributed by atoms with van der Waals surface area (Å²) in [5, 5.41) is 0.675. The summed E-state index contributed by atoms with van der Waals surface area (Å²) in [6.07, 6.45) is 0.607. The Balaban J connectivity index is 1.67. The highest BCUT2D eigenvalue weighted by atomic mass is 35.5. The average Bonchev–Trinajstić information content (AvgIpc) is 2.95. The molecule has 0 radical (unpaired) electrons. The predicted octanol–water partition coefficient (Wildman–Crippen LogP) is 3.59. The maximum Gasteiger partial charge on any atom is 0.231 e. The van der Waals surface area contributed by atoms with Crippen molar-refractivity contribution in [1.29, 1.82) is 0 Å². The highest BCUT2D eigenvalue weighted by molar-refractivity contribution is 6.30. The van der Waals surface area contributed by atoms with Crippen LogP contribution in [0.2, 0.25) is 5.02 Å². The Bertz CT molecular complexity index is 704. The van der Waals surface area contributed by atoms with Gasteiger partial charge in [0.05, 0.1) is 0 Å². The van der Waals surface area contributed by atoms with E-state index in [0.29, 0.717) is 11.4 Å².